The van der Waals surface area contributed by atoms with E-state index >= 15 is 0 Å². The van der Waals surface area contributed by atoms with Crippen molar-refractivity contribution in [2.45, 2.75) is 89.9 Å². The fraction of sp³-hybridized carbons (Fsp3) is 0.889. The number of hydrogen-bond acceptors (Lipinski definition) is 4. The van der Waals surface area contributed by atoms with Crippen LogP contribution in [0.15, 0.2) is 0 Å². The summed E-state index contributed by atoms with van der Waals surface area (Å²) >= 11 is 0. The summed E-state index contributed by atoms with van der Waals surface area (Å²) in [6, 6.07) is 0. The molecule has 0 spiro atoms. The molecule has 136 valence electrons. The van der Waals surface area contributed by atoms with E-state index in [9.17, 15) is 9.59 Å². The van der Waals surface area contributed by atoms with Crippen LogP contribution in [-0.2, 0) is 14.3 Å². The van der Waals surface area contributed by atoms with Gasteiger partial charge in [0.15, 0.2) is 0 Å². The van der Waals surface area contributed by atoms with E-state index < -0.39 is 5.97 Å². The number of carbonyl (C=O) groups is 2. The van der Waals surface area contributed by atoms with Crippen molar-refractivity contribution < 1.29 is 24.5 Å². The van der Waals surface area contributed by atoms with E-state index in [4.69, 9.17) is 14.9 Å². The van der Waals surface area contributed by atoms with Gasteiger partial charge in [0.05, 0.1) is 6.61 Å². The molecular weight excluding hydrogens is 296 g/mol. The zero-order chi connectivity index (χ0) is 17.2. The quantitative estimate of drug-likeness (QED) is 0.310. The number of aliphatic carboxylic acids is 1. The Labute approximate surface area is 140 Å². The highest BCUT2D eigenvalue weighted by molar-refractivity contribution is 5.69. The Kier molecular flexibility index (Phi) is 16.4. The highest BCUT2D eigenvalue weighted by atomic mass is 16.5. The van der Waals surface area contributed by atoms with E-state index in [-0.39, 0.29) is 12.6 Å². The van der Waals surface area contributed by atoms with Gasteiger partial charge in [0, 0.05) is 19.4 Å². The molecule has 0 bridgehead atoms. The zero-order valence-electron chi connectivity index (χ0n) is 14.4. The lowest BCUT2D eigenvalue weighted by molar-refractivity contribution is -0.144. The van der Waals surface area contributed by atoms with Gasteiger partial charge in [-0.2, -0.15) is 0 Å². The van der Waals surface area contributed by atoms with Crippen LogP contribution in [0.3, 0.4) is 0 Å². The van der Waals surface area contributed by atoms with Gasteiger partial charge >= 0.3 is 11.9 Å². The molecule has 0 aromatic rings. The van der Waals surface area contributed by atoms with E-state index in [1.54, 1.807) is 0 Å². The molecule has 0 aromatic heterocycles. The van der Waals surface area contributed by atoms with Gasteiger partial charge < -0.3 is 14.9 Å². The summed E-state index contributed by atoms with van der Waals surface area (Å²) in [5.41, 5.74) is 0. The standard InChI is InChI=1S/C18H34O5/c19-15-11-8-10-14-18(22)23-16-12-7-5-3-1-2-4-6-9-13-17(20)21/h19H,1-16H2,(H,20,21). The minimum absolute atomic E-state index is 0.121. The third-order valence-corrected chi connectivity index (χ3v) is 3.84. The summed E-state index contributed by atoms with van der Waals surface area (Å²) in [6.45, 7) is 0.714. The van der Waals surface area contributed by atoms with Gasteiger partial charge in [-0.1, -0.05) is 51.4 Å². The van der Waals surface area contributed by atoms with E-state index in [0.29, 0.717) is 19.4 Å². The number of unbranched alkanes of at least 4 members (excludes halogenated alkanes) is 10. The lowest BCUT2D eigenvalue weighted by atomic mass is 10.1. The SMILES string of the molecule is O=C(O)CCCCCCCCCCCOC(=O)CCCCCO. The first-order chi connectivity index (χ1) is 11.2. The summed E-state index contributed by atoms with van der Waals surface area (Å²) in [6.07, 6.45) is 12.9. The predicted molar refractivity (Wildman–Crippen MR) is 90.3 cm³/mol. The van der Waals surface area contributed by atoms with Gasteiger partial charge in [-0.25, -0.2) is 0 Å². The Morgan fingerprint density at radius 1 is 0.652 bits per heavy atom. The van der Waals surface area contributed by atoms with Gasteiger partial charge in [-0.3, -0.25) is 9.59 Å². The second-order valence-electron chi connectivity index (χ2n) is 6.08. The van der Waals surface area contributed by atoms with Crippen LogP contribution in [0.2, 0.25) is 0 Å². The molecule has 5 nitrogen and oxygen atoms in total. The summed E-state index contributed by atoms with van der Waals surface area (Å²) in [5, 5.41) is 17.1. The van der Waals surface area contributed by atoms with E-state index in [1.165, 1.54) is 25.7 Å². The molecule has 5 heteroatoms. The largest absolute Gasteiger partial charge is 0.481 e. The minimum atomic E-state index is -0.698. The molecule has 0 rings (SSSR count). The zero-order valence-corrected chi connectivity index (χ0v) is 14.4. The first-order valence-corrected chi connectivity index (χ1v) is 9.15. The van der Waals surface area contributed by atoms with Gasteiger partial charge in [-0.15, -0.1) is 0 Å². The summed E-state index contributed by atoms with van der Waals surface area (Å²) in [5.74, 6) is -0.819. The topological polar surface area (TPSA) is 83.8 Å². The van der Waals surface area contributed by atoms with Gasteiger partial charge in [0.2, 0.25) is 0 Å². The van der Waals surface area contributed by atoms with Crippen LogP contribution in [0.4, 0.5) is 0 Å². The second-order valence-corrected chi connectivity index (χ2v) is 6.08. The molecule has 0 heterocycles. The first kappa shape index (κ1) is 21.9. The Hall–Kier alpha value is -1.10. The number of ether oxygens (including phenoxy) is 1. The molecule has 0 aromatic carbocycles. The number of carboxylic acid groups (broad SMARTS) is 1. The smallest absolute Gasteiger partial charge is 0.305 e. The summed E-state index contributed by atoms with van der Waals surface area (Å²) < 4.78 is 5.16. The van der Waals surface area contributed by atoms with Crippen molar-refractivity contribution in [2.75, 3.05) is 13.2 Å². The van der Waals surface area contributed by atoms with Gasteiger partial charge in [-0.05, 0) is 25.7 Å². The molecule has 0 aliphatic rings. The summed E-state index contributed by atoms with van der Waals surface area (Å²) in [7, 11) is 0. The number of aliphatic hydroxyl groups excluding tert-OH is 1. The van der Waals surface area contributed by atoms with E-state index in [0.717, 1.165) is 51.4 Å². The molecule has 0 fully saturated rings. The van der Waals surface area contributed by atoms with E-state index in [1.807, 2.05) is 0 Å². The van der Waals surface area contributed by atoms with Gasteiger partial charge in [0.1, 0.15) is 0 Å². The Bertz CT molecular complexity index is 291. The van der Waals surface area contributed by atoms with Gasteiger partial charge in [0.25, 0.3) is 0 Å². The number of hydrogen-bond donors (Lipinski definition) is 2. The molecule has 0 saturated carbocycles. The Morgan fingerprint density at radius 2 is 1.13 bits per heavy atom. The Morgan fingerprint density at radius 3 is 1.70 bits per heavy atom. The maximum Gasteiger partial charge on any atom is 0.305 e. The third kappa shape index (κ3) is 18.9. The van der Waals surface area contributed by atoms with Crippen LogP contribution in [0.5, 0.6) is 0 Å². The normalized spacial score (nSPS) is 10.7. The van der Waals surface area contributed by atoms with Crippen molar-refractivity contribution in [3.63, 3.8) is 0 Å². The highest BCUT2D eigenvalue weighted by Crippen LogP contribution is 2.11. The molecule has 0 amide bonds. The third-order valence-electron chi connectivity index (χ3n) is 3.84. The van der Waals surface area contributed by atoms with Crippen LogP contribution < -0.4 is 0 Å². The maximum atomic E-state index is 11.4. The number of rotatable bonds is 17. The number of aliphatic hydroxyl groups is 1. The number of carboxylic acids is 1. The van der Waals surface area contributed by atoms with Crippen molar-refractivity contribution in [1.82, 2.24) is 0 Å². The first-order valence-electron chi connectivity index (χ1n) is 9.15. The van der Waals surface area contributed by atoms with Crippen LogP contribution in [0.25, 0.3) is 0 Å². The number of esters is 1. The fourth-order valence-electron chi connectivity index (χ4n) is 2.43. The molecule has 2 N–H and O–H groups in total. The lowest BCUT2D eigenvalue weighted by Gasteiger charge is -2.05. The monoisotopic (exact) mass is 330 g/mol. The molecule has 0 atom stereocenters. The minimum Gasteiger partial charge on any atom is -0.481 e. The number of carbonyl (C=O) groups excluding carboxylic acids is 1. The van der Waals surface area contributed by atoms with Crippen molar-refractivity contribution in [3.05, 3.63) is 0 Å². The molecule has 0 aliphatic carbocycles. The summed E-state index contributed by atoms with van der Waals surface area (Å²) in [4.78, 5) is 21.7. The van der Waals surface area contributed by atoms with Crippen LogP contribution in [-0.4, -0.2) is 35.4 Å². The average Bonchev–Trinajstić information content (AvgIpc) is 2.52. The predicted octanol–water partition coefficient (Wildman–Crippen LogP) is 4.07. The molecular formula is C18H34O5. The van der Waals surface area contributed by atoms with Crippen molar-refractivity contribution >= 4 is 11.9 Å². The van der Waals surface area contributed by atoms with Crippen molar-refractivity contribution in [1.29, 1.82) is 0 Å². The lowest BCUT2D eigenvalue weighted by Crippen LogP contribution is -2.05. The molecule has 0 aliphatic heterocycles. The second kappa shape index (κ2) is 17.3. The van der Waals surface area contributed by atoms with Crippen LogP contribution in [0, 0.1) is 0 Å². The maximum absolute atomic E-state index is 11.4. The Balaban J connectivity index is 3.12. The molecule has 0 radical (unpaired) electrons. The van der Waals surface area contributed by atoms with Crippen molar-refractivity contribution in [3.8, 4) is 0 Å². The van der Waals surface area contributed by atoms with Crippen LogP contribution in [0.1, 0.15) is 89.9 Å². The molecule has 0 unspecified atom stereocenters. The van der Waals surface area contributed by atoms with Crippen molar-refractivity contribution in [2.24, 2.45) is 0 Å². The average molecular weight is 330 g/mol. The highest BCUT2D eigenvalue weighted by Gasteiger charge is 2.02. The molecule has 23 heavy (non-hydrogen) atoms. The fourth-order valence-corrected chi connectivity index (χ4v) is 2.43. The van der Waals surface area contributed by atoms with Crippen LogP contribution >= 0.6 is 0 Å². The van der Waals surface area contributed by atoms with E-state index in [2.05, 4.69) is 0 Å². The molecule has 0 saturated heterocycles.